The lowest BCUT2D eigenvalue weighted by Gasteiger charge is -2.34. The average molecular weight is 433 g/mol. The van der Waals surface area contributed by atoms with Gasteiger partial charge in [0.15, 0.2) is 17.2 Å². The fourth-order valence-corrected chi connectivity index (χ4v) is 5.05. The van der Waals surface area contributed by atoms with E-state index in [4.69, 9.17) is 4.42 Å². The van der Waals surface area contributed by atoms with E-state index in [1.165, 1.54) is 22.5 Å². The minimum absolute atomic E-state index is 0.129. The number of anilines is 2. The molecule has 1 saturated heterocycles. The van der Waals surface area contributed by atoms with Gasteiger partial charge in [-0.15, -0.1) is 10.2 Å². The Morgan fingerprint density at radius 3 is 2.43 bits per heavy atom. The highest BCUT2D eigenvalue weighted by molar-refractivity contribution is 7.89. The Kier molecular flexibility index (Phi) is 5.48. The monoisotopic (exact) mass is 432 g/mol. The first-order valence-electron chi connectivity index (χ1n) is 9.89. The van der Waals surface area contributed by atoms with E-state index in [0.29, 0.717) is 37.3 Å². The first kappa shape index (κ1) is 20.4. The summed E-state index contributed by atoms with van der Waals surface area (Å²) in [6, 6.07) is 8.24. The van der Waals surface area contributed by atoms with Crippen LogP contribution < -0.4 is 15.6 Å². The van der Waals surface area contributed by atoms with Gasteiger partial charge in [0.05, 0.1) is 10.4 Å². The number of benzene rings is 1. The highest BCUT2D eigenvalue weighted by Crippen LogP contribution is 2.23. The summed E-state index contributed by atoms with van der Waals surface area (Å²) < 4.78 is 32.4. The Morgan fingerprint density at radius 2 is 1.80 bits per heavy atom. The van der Waals surface area contributed by atoms with Gasteiger partial charge in [-0.2, -0.15) is 4.31 Å². The van der Waals surface area contributed by atoms with E-state index in [1.807, 2.05) is 17.0 Å². The van der Waals surface area contributed by atoms with E-state index in [1.54, 1.807) is 0 Å². The molecule has 10 nitrogen and oxygen atoms in total. The Hall–Kier alpha value is -2.92. The lowest BCUT2D eigenvalue weighted by atomic mass is 10.3. The molecule has 11 heteroatoms. The standard InChI is InChI=1S/C19H24N6O4S/c1-3-23(4-2)17-7-8-18(22-21-17)24-9-11-25(12-10-24)30(27,28)14-5-6-16-15(13-14)20-19(26)29-16/h5-8,13H,3-4,9-12H2,1-2H3,(H,20,26). The molecule has 1 N–H and O–H groups in total. The molecule has 30 heavy (non-hydrogen) atoms. The largest absolute Gasteiger partial charge is 0.417 e. The van der Waals surface area contributed by atoms with Gasteiger partial charge in [0.1, 0.15) is 0 Å². The number of nitrogens with zero attached hydrogens (tertiary/aromatic N) is 5. The fourth-order valence-electron chi connectivity index (χ4n) is 3.60. The molecule has 0 aliphatic carbocycles. The number of aromatic nitrogens is 3. The van der Waals surface area contributed by atoms with Crippen molar-refractivity contribution in [3.8, 4) is 0 Å². The predicted octanol–water partition coefficient (Wildman–Crippen LogP) is 1.27. The molecule has 0 bridgehead atoms. The number of sulfonamides is 1. The molecule has 0 atom stereocenters. The van der Waals surface area contributed by atoms with E-state index in [-0.39, 0.29) is 4.90 Å². The molecule has 1 fully saturated rings. The van der Waals surface area contributed by atoms with Crippen molar-refractivity contribution in [3.05, 3.63) is 40.9 Å². The number of nitrogens with one attached hydrogen (secondary N) is 1. The Labute approximate surface area is 174 Å². The van der Waals surface area contributed by atoms with Gasteiger partial charge in [0.25, 0.3) is 0 Å². The second-order valence-electron chi connectivity index (χ2n) is 6.99. The van der Waals surface area contributed by atoms with Crippen molar-refractivity contribution in [2.45, 2.75) is 18.7 Å². The maximum atomic E-state index is 13.0. The van der Waals surface area contributed by atoms with Crippen LogP contribution in [0.1, 0.15) is 13.8 Å². The van der Waals surface area contributed by atoms with Crippen LogP contribution in [-0.2, 0) is 10.0 Å². The van der Waals surface area contributed by atoms with Crippen molar-refractivity contribution in [2.75, 3.05) is 49.1 Å². The molecular formula is C19H24N6O4S. The smallest absolute Gasteiger partial charge is 0.408 e. The maximum Gasteiger partial charge on any atom is 0.417 e. The van der Waals surface area contributed by atoms with Crippen molar-refractivity contribution >= 4 is 32.8 Å². The quantitative estimate of drug-likeness (QED) is 0.619. The number of aromatic amines is 1. The number of hydrogen-bond donors (Lipinski definition) is 1. The first-order valence-corrected chi connectivity index (χ1v) is 11.3. The minimum Gasteiger partial charge on any atom is -0.408 e. The summed E-state index contributed by atoms with van der Waals surface area (Å²) in [6.07, 6.45) is 0. The van der Waals surface area contributed by atoms with Crippen LogP contribution in [0, 0.1) is 0 Å². The molecule has 0 unspecified atom stereocenters. The summed E-state index contributed by atoms with van der Waals surface area (Å²) in [4.78, 5) is 18.1. The topological polar surface area (TPSA) is 116 Å². The molecule has 1 aliphatic heterocycles. The number of piperazine rings is 1. The van der Waals surface area contributed by atoms with Crippen LogP contribution in [0.5, 0.6) is 0 Å². The third-order valence-electron chi connectivity index (χ3n) is 5.31. The third kappa shape index (κ3) is 3.77. The number of rotatable bonds is 6. The normalized spacial score (nSPS) is 15.6. The molecule has 0 amide bonds. The van der Waals surface area contributed by atoms with Gasteiger partial charge in [-0.05, 0) is 44.2 Å². The zero-order chi connectivity index (χ0) is 21.3. The highest BCUT2D eigenvalue weighted by Gasteiger charge is 2.29. The number of hydrogen-bond acceptors (Lipinski definition) is 8. The molecule has 0 saturated carbocycles. The van der Waals surface area contributed by atoms with Crippen LogP contribution in [0.15, 0.2) is 44.4 Å². The van der Waals surface area contributed by atoms with Gasteiger partial charge in [0.2, 0.25) is 10.0 Å². The molecule has 1 aliphatic rings. The van der Waals surface area contributed by atoms with Crippen LogP contribution in [0.25, 0.3) is 11.1 Å². The lowest BCUT2D eigenvalue weighted by molar-refractivity contribution is 0.383. The SMILES string of the molecule is CCN(CC)c1ccc(N2CCN(S(=O)(=O)c3ccc4oc(=O)[nH]c4c3)CC2)nn1. The number of fused-ring (bicyclic) bond motifs is 1. The van der Waals surface area contributed by atoms with Gasteiger partial charge in [-0.1, -0.05) is 0 Å². The molecule has 3 aromatic rings. The maximum absolute atomic E-state index is 13.0. The van der Waals surface area contributed by atoms with Crippen LogP contribution in [-0.4, -0.2) is 67.2 Å². The van der Waals surface area contributed by atoms with Crippen molar-refractivity contribution in [1.82, 2.24) is 19.5 Å². The molecule has 2 aromatic heterocycles. The molecule has 3 heterocycles. The van der Waals surface area contributed by atoms with Crippen LogP contribution in [0.4, 0.5) is 11.6 Å². The van der Waals surface area contributed by atoms with Gasteiger partial charge in [-0.25, -0.2) is 13.2 Å². The molecule has 0 radical (unpaired) electrons. The molecular weight excluding hydrogens is 408 g/mol. The van der Waals surface area contributed by atoms with Crippen molar-refractivity contribution in [3.63, 3.8) is 0 Å². The summed E-state index contributed by atoms with van der Waals surface area (Å²) in [5.41, 5.74) is 0.693. The molecule has 0 spiro atoms. The van der Waals surface area contributed by atoms with Gasteiger partial charge < -0.3 is 14.2 Å². The van der Waals surface area contributed by atoms with Crippen molar-refractivity contribution in [1.29, 1.82) is 0 Å². The summed E-state index contributed by atoms with van der Waals surface area (Å²) in [5, 5.41) is 8.63. The Bertz CT molecular complexity index is 1180. The van der Waals surface area contributed by atoms with Gasteiger partial charge in [-0.3, -0.25) is 4.98 Å². The fraction of sp³-hybridized carbons (Fsp3) is 0.421. The van der Waals surface area contributed by atoms with Crippen LogP contribution in [0.3, 0.4) is 0 Å². The first-order chi connectivity index (χ1) is 14.4. The molecule has 1 aromatic carbocycles. The van der Waals surface area contributed by atoms with Crippen LogP contribution >= 0.6 is 0 Å². The van der Waals surface area contributed by atoms with E-state index in [2.05, 4.69) is 33.9 Å². The summed E-state index contributed by atoms with van der Waals surface area (Å²) in [7, 11) is -3.67. The number of H-pyrrole nitrogens is 1. The third-order valence-corrected chi connectivity index (χ3v) is 7.21. The second kappa shape index (κ2) is 8.07. The second-order valence-corrected chi connectivity index (χ2v) is 8.92. The average Bonchev–Trinajstić information content (AvgIpc) is 3.14. The van der Waals surface area contributed by atoms with Crippen molar-refractivity contribution < 1.29 is 12.8 Å². The Balaban J connectivity index is 1.46. The summed E-state index contributed by atoms with van der Waals surface area (Å²) in [5.74, 6) is 0.958. The van der Waals surface area contributed by atoms with E-state index >= 15 is 0 Å². The van der Waals surface area contributed by atoms with E-state index in [0.717, 1.165) is 24.7 Å². The van der Waals surface area contributed by atoms with Crippen molar-refractivity contribution in [2.24, 2.45) is 0 Å². The predicted molar refractivity (Wildman–Crippen MR) is 113 cm³/mol. The molecule has 160 valence electrons. The van der Waals surface area contributed by atoms with Gasteiger partial charge in [0, 0.05) is 39.3 Å². The van der Waals surface area contributed by atoms with E-state index < -0.39 is 15.8 Å². The van der Waals surface area contributed by atoms with E-state index in [9.17, 15) is 13.2 Å². The lowest BCUT2D eigenvalue weighted by Crippen LogP contribution is -2.49. The minimum atomic E-state index is -3.67. The number of oxazole rings is 1. The zero-order valence-corrected chi connectivity index (χ0v) is 17.7. The highest BCUT2D eigenvalue weighted by atomic mass is 32.2. The summed E-state index contributed by atoms with van der Waals surface area (Å²) in [6.45, 7) is 7.57. The zero-order valence-electron chi connectivity index (χ0n) is 16.9. The molecule has 4 rings (SSSR count). The van der Waals surface area contributed by atoms with Gasteiger partial charge >= 0.3 is 5.76 Å². The Morgan fingerprint density at radius 1 is 1.07 bits per heavy atom. The van der Waals surface area contributed by atoms with Crippen LogP contribution in [0.2, 0.25) is 0 Å². The summed E-state index contributed by atoms with van der Waals surface area (Å²) >= 11 is 0.